The van der Waals surface area contributed by atoms with E-state index in [0.29, 0.717) is 5.92 Å². The fraction of sp³-hybridized carbons (Fsp3) is 0.308. The highest BCUT2D eigenvalue weighted by atomic mass is 16.1. The van der Waals surface area contributed by atoms with Crippen LogP contribution in [0.2, 0.25) is 0 Å². The van der Waals surface area contributed by atoms with Gasteiger partial charge in [-0.3, -0.25) is 4.79 Å². The summed E-state index contributed by atoms with van der Waals surface area (Å²) in [7, 11) is 0. The van der Waals surface area contributed by atoms with Crippen molar-refractivity contribution in [2.75, 3.05) is 0 Å². The minimum atomic E-state index is 0.127. The molecule has 0 amide bonds. The summed E-state index contributed by atoms with van der Waals surface area (Å²) in [6.07, 6.45) is 4.68. The molecule has 0 radical (unpaired) electrons. The summed E-state index contributed by atoms with van der Waals surface area (Å²) in [4.78, 5) is 11.5. The first-order valence-electron chi connectivity index (χ1n) is 5.04. The molecule has 0 fully saturated rings. The average molecular weight is 186 g/mol. The third-order valence-electron chi connectivity index (χ3n) is 2.95. The summed E-state index contributed by atoms with van der Waals surface area (Å²) in [6.45, 7) is 2.02. The Morgan fingerprint density at radius 3 is 2.64 bits per heavy atom. The molecule has 0 aliphatic heterocycles. The van der Waals surface area contributed by atoms with Crippen molar-refractivity contribution in [3.05, 3.63) is 48.0 Å². The first-order chi connectivity index (χ1) is 6.79. The zero-order chi connectivity index (χ0) is 9.97. The van der Waals surface area contributed by atoms with Crippen molar-refractivity contribution < 1.29 is 4.79 Å². The highest BCUT2D eigenvalue weighted by Gasteiger charge is 2.25. The van der Waals surface area contributed by atoms with Crippen molar-refractivity contribution >= 4 is 5.78 Å². The first-order valence-corrected chi connectivity index (χ1v) is 5.04. The predicted molar refractivity (Wildman–Crippen MR) is 57.1 cm³/mol. The molecule has 0 saturated heterocycles. The summed E-state index contributed by atoms with van der Waals surface area (Å²) in [5.74, 6) is 0.751. The third kappa shape index (κ3) is 1.63. The molecule has 2 atom stereocenters. The van der Waals surface area contributed by atoms with E-state index < -0.39 is 0 Å². The second kappa shape index (κ2) is 3.79. The molecule has 1 aromatic carbocycles. The van der Waals surface area contributed by atoms with Gasteiger partial charge in [0.2, 0.25) is 0 Å². The minimum Gasteiger partial charge on any atom is -0.295 e. The van der Waals surface area contributed by atoms with Crippen molar-refractivity contribution in [3.8, 4) is 0 Å². The normalized spacial score (nSPS) is 26.5. The number of allylic oxidation sites excluding steroid dienone is 2. The van der Waals surface area contributed by atoms with E-state index in [4.69, 9.17) is 0 Å². The van der Waals surface area contributed by atoms with Crippen molar-refractivity contribution in [3.63, 3.8) is 0 Å². The van der Waals surface area contributed by atoms with Gasteiger partial charge in [-0.25, -0.2) is 0 Å². The molecule has 2 rings (SSSR count). The van der Waals surface area contributed by atoms with Crippen molar-refractivity contribution in [1.29, 1.82) is 0 Å². The van der Waals surface area contributed by atoms with Gasteiger partial charge in [0.05, 0.1) is 0 Å². The largest absolute Gasteiger partial charge is 0.295 e. The Morgan fingerprint density at radius 1 is 1.21 bits per heavy atom. The Bertz CT molecular complexity index is 351. The summed E-state index contributed by atoms with van der Waals surface area (Å²) in [6, 6.07) is 10.3. The van der Waals surface area contributed by atoms with Crippen LogP contribution in [0.3, 0.4) is 0 Å². The highest BCUT2D eigenvalue weighted by Crippen LogP contribution is 2.31. The molecule has 0 bridgehead atoms. The maximum atomic E-state index is 11.5. The van der Waals surface area contributed by atoms with Crippen LogP contribution in [0.15, 0.2) is 42.5 Å². The van der Waals surface area contributed by atoms with Gasteiger partial charge < -0.3 is 0 Å². The smallest absolute Gasteiger partial charge is 0.158 e. The van der Waals surface area contributed by atoms with Crippen LogP contribution < -0.4 is 0 Å². The lowest BCUT2D eigenvalue weighted by molar-refractivity contribution is -0.118. The SMILES string of the molecule is C[C@@H]1C(=O)C=CC[C@H]1c1ccccc1. The molecule has 1 aliphatic rings. The van der Waals surface area contributed by atoms with Crippen LogP contribution in [0.4, 0.5) is 0 Å². The Labute approximate surface area is 84.5 Å². The van der Waals surface area contributed by atoms with Crippen molar-refractivity contribution in [2.24, 2.45) is 5.92 Å². The Morgan fingerprint density at radius 2 is 1.93 bits per heavy atom. The lowest BCUT2D eigenvalue weighted by Crippen LogP contribution is -2.20. The molecule has 0 N–H and O–H groups in total. The van der Waals surface area contributed by atoms with Gasteiger partial charge in [-0.1, -0.05) is 43.3 Å². The third-order valence-corrected chi connectivity index (χ3v) is 2.95. The van der Waals surface area contributed by atoms with Crippen LogP contribution in [0, 0.1) is 5.92 Å². The number of ketones is 1. The van der Waals surface area contributed by atoms with Crippen molar-refractivity contribution in [1.82, 2.24) is 0 Å². The van der Waals surface area contributed by atoms with E-state index in [-0.39, 0.29) is 11.7 Å². The standard InChI is InChI=1S/C13H14O/c1-10-12(8-5-9-13(10)14)11-6-3-2-4-7-11/h2-7,9-10,12H,8H2,1H3/t10-,12+/m0/s1. The lowest BCUT2D eigenvalue weighted by atomic mass is 9.79. The minimum absolute atomic E-state index is 0.127. The maximum absolute atomic E-state index is 11.5. The Balaban J connectivity index is 2.28. The molecule has 0 aromatic heterocycles. The molecule has 14 heavy (non-hydrogen) atoms. The van der Waals surface area contributed by atoms with Gasteiger partial charge in [0.1, 0.15) is 0 Å². The zero-order valence-corrected chi connectivity index (χ0v) is 8.31. The fourth-order valence-electron chi connectivity index (χ4n) is 2.01. The van der Waals surface area contributed by atoms with E-state index in [1.54, 1.807) is 6.08 Å². The number of carbonyl (C=O) groups excluding carboxylic acids is 1. The molecule has 1 heteroatoms. The number of hydrogen-bond acceptors (Lipinski definition) is 1. The molecule has 1 nitrogen and oxygen atoms in total. The highest BCUT2D eigenvalue weighted by molar-refractivity contribution is 5.93. The molecule has 1 aliphatic carbocycles. The van der Waals surface area contributed by atoms with Gasteiger partial charge in [0.25, 0.3) is 0 Å². The number of hydrogen-bond donors (Lipinski definition) is 0. The molecule has 0 unspecified atom stereocenters. The molecule has 1 aromatic rings. The van der Waals surface area contributed by atoms with Crippen LogP contribution in [-0.2, 0) is 4.79 Å². The molecule has 0 heterocycles. The van der Waals surface area contributed by atoms with Gasteiger partial charge in [0, 0.05) is 5.92 Å². The summed E-state index contributed by atoms with van der Waals surface area (Å²) in [5.41, 5.74) is 1.28. The quantitative estimate of drug-likeness (QED) is 0.659. The monoisotopic (exact) mass is 186 g/mol. The van der Waals surface area contributed by atoms with Gasteiger partial charge in [-0.05, 0) is 24.0 Å². The Hall–Kier alpha value is -1.37. The van der Waals surface area contributed by atoms with Crippen molar-refractivity contribution in [2.45, 2.75) is 19.3 Å². The van der Waals surface area contributed by atoms with E-state index in [2.05, 4.69) is 12.1 Å². The van der Waals surface area contributed by atoms with Crippen LogP contribution >= 0.6 is 0 Å². The van der Waals surface area contributed by atoms with Gasteiger partial charge in [-0.15, -0.1) is 0 Å². The van der Waals surface area contributed by atoms with E-state index in [9.17, 15) is 4.79 Å². The summed E-state index contributed by atoms with van der Waals surface area (Å²) < 4.78 is 0. The summed E-state index contributed by atoms with van der Waals surface area (Å²) >= 11 is 0. The maximum Gasteiger partial charge on any atom is 0.158 e. The first kappa shape index (κ1) is 9.20. The lowest BCUT2D eigenvalue weighted by Gasteiger charge is -2.24. The van der Waals surface area contributed by atoms with Crippen LogP contribution in [0.1, 0.15) is 24.8 Å². The van der Waals surface area contributed by atoms with Gasteiger partial charge in [0.15, 0.2) is 5.78 Å². The van der Waals surface area contributed by atoms with Crippen LogP contribution in [0.25, 0.3) is 0 Å². The molecule has 72 valence electrons. The topological polar surface area (TPSA) is 17.1 Å². The van der Waals surface area contributed by atoms with Crippen LogP contribution in [-0.4, -0.2) is 5.78 Å². The van der Waals surface area contributed by atoms with Gasteiger partial charge in [-0.2, -0.15) is 0 Å². The van der Waals surface area contributed by atoms with Gasteiger partial charge >= 0.3 is 0 Å². The second-order valence-electron chi connectivity index (χ2n) is 3.85. The molecular formula is C13H14O. The Kier molecular flexibility index (Phi) is 2.49. The fourth-order valence-corrected chi connectivity index (χ4v) is 2.01. The number of benzene rings is 1. The van der Waals surface area contributed by atoms with E-state index in [0.717, 1.165) is 6.42 Å². The summed E-state index contributed by atoms with van der Waals surface area (Å²) in [5, 5.41) is 0. The average Bonchev–Trinajstić information content (AvgIpc) is 2.23. The molecular weight excluding hydrogens is 172 g/mol. The molecule has 0 saturated carbocycles. The number of carbonyl (C=O) groups is 1. The van der Waals surface area contributed by atoms with E-state index in [1.807, 2.05) is 31.2 Å². The van der Waals surface area contributed by atoms with E-state index >= 15 is 0 Å². The zero-order valence-electron chi connectivity index (χ0n) is 8.31. The number of rotatable bonds is 1. The second-order valence-corrected chi connectivity index (χ2v) is 3.85. The van der Waals surface area contributed by atoms with Crippen LogP contribution in [0.5, 0.6) is 0 Å². The molecule has 0 spiro atoms. The van der Waals surface area contributed by atoms with E-state index in [1.165, 1.54) is 5.56 Å². The predicted octanol–water partition coefficient (Wildman–Crippen LogP) is 2.94.